The fraction of sp³-hybridized carbons (Fsp3) is 0.111. The van der Waals surface area contributed by atoms with Gasteiger partial charge in [-0.1, -0.05) is 42.5 Å². The first-order valence-electron chi connectivity index (χ1n) is 7.18. The van der Waals surface area contributed by atoms with E-state index in [0.717, 1.165) is 21.7 Å². The van der Waals surface area contributed by atoms with E-state index in [0.29, 0.717) is 17.8 Å². The molecule has 0 aliphatic heterocycles. The molecular weight excluding hydrogens is 308 g/mol. The lowest BCUT2D eigenvalue weighted by molar-refractivity contribution is 0.0702. The maximum absolute atomic E-state index is 11.6. The van der Waals surface area contributed by atoms with E-state index >= 15 is 0 Å². The predicted molar refractivity (Wildman–Crippen MR) is 92.9 cm³/mol. The number of nitrogens with zero attached hydrogens (tertiary/aromatic N) is 1. The Labute approximate surface area is 138 Å². The molecule has 23 heavy (non-hydrogen) atoms. The number of anilines is 1. The van der Waals surface area contributed by atoms with Gasteiger partial charge in [-0.25, -0.2) is 9.78 Å². The third-order valence-electron chi connectivity index (χ3n) is 3.62. The van der Waals surface area contributed by atoms with E-state index in [2.05, 4.69) is 4.98 Å². The number of benzene rings is 2. The Morgan fingerprint density at radius 1 is 1.22 bits per heavy atom. The number of aromatic carboxylic acids is 1. The molecule has 4 nitrogen and oxygen atoms in total. The Morgan fingerprint density at radius 3 is 2.61 bits per heavy atom. The van der Waals surface area contributed by atoms with Gasteiger partial charge >= 0.3 is 5.97 Å². The van der Waals surface area contributed by atoms with Crippen molar-refractivity contribution < 1.29 is 9.90 Å². The quantitative estimate of drug-likeness (QED) is 0.711. The molecule has 0 amide bonds. The maximum atomic E-state index is 11.6. The number of aryl methyl sites for hydroxylation is 1. The molecule has 3 aromatic rings. The van der Waals surface area contributed by atoms with E-state index in [1.165, 1.54) is 11.3 Å². The summed E-state index contributed by atoms with van der Waals surface area (Å²) in [6.45, 7) is 1.92. The zero-order valence-electron chi connectivity index (χ0n) is 12.6. The predicted octanol–water partition coefficient (Wildman–Crippen LogP) is 3.99. The topological polar surface area (TPSA) is 76.2 Å². The number of rotatable bonds is 4. The van der Waals surface area contributed by atoms with Crippen LogP contribution in [-0.2, 0) is 6.42 Å². The van der Waals surface area contributed by atoms with Crippen LogP contribution < -0.4 is 5.73 Å². The van der Waals surface area contributed by atoms with E-state index in [4.69, 9.17) is 5.73 Å². The Balaban J connectivity index is 2.02. The second kappa shape index (κ2) is 6.22. The van der Waals surface area contributed by atoms with E-state index < -0.39 is 5.97 Å². The maximum Gasteiger partial charge on any atom is 0.348 e. The SMILES string of the molecule is Cc1ccc(-c2nc(Cc3ccccc3)sc2C(=O)O)cc1N. The molecule has 0 spiro atoms. The van der Waals surface area contributed by atoms with Crippen LogP contribution in [0.2, 0.25) is 0 Å². The molecule has 0 saturated heterocycles. The molecule has 116 valence electrons. The molecule has 3 N–H and O–H groups in total. The van der Waals surface area contributed by atoms with Gasteiger partial charge in [0.1, 0.15) is 4.88 Å². The summed E-state index contributed by atoms with van der Waals surface area (Å²) in [7, 11) is 0. The van der Waals surface area contributed by atoms with Crippen molar-refractivity contribution in [1.29, 1.82) is 0 Å². The molecule has 1 aromatic heterocycles. The monoisotopic (exact) mass is 324 g/mol. The van der Waals surface area contributed by atoms with E-state index in [1.54, 1.807) is 6.07 Å². The van der Waals surface area contributed by atoms with Crippen molar-refractivity contribution in [1.82, 2.24) is 4.98 Å². The van der Waals surface area contributed by atoms with Gasteiger partial charge in [0.05, 0.1) is 10.7 Å². The molecule has 5 heteroatoms. The van der Waals surface area contributed by atoms with Crippen LogP contribution in [0.4, 0.5) is 5.69 Å². The zero-order valence-corrected chi connectivity index (χ0v) is 13.4. The van der Waals surface area contributed by atoms with Crippen molar-refractivity contribution in [3.05, 3.63) is 69.5 Å². The fourth-order valence-corrected chi connectivity index (χ4v) is 3.30. The average molecular weight is 324 g/mol. The average Bonchev–Trinajstić information content (AvgIpc) is 2.95. The van der Waals surface area contributed by atoms with Crippen LogP contribution in [0.25, 0.3) is 11.3 Å². The van der Waals surface area contributed by atoms with Crippen LogP contribution in [-0.4, -0.2) is 16.1 Å². The number of carboxylic acid groups (broad SMARTS) is 1. The summed E-state index contributed by atoms with van der Waals surface area (Å²) in [4.78, 5) is 16.4. The molecule has 0 unspecified atom stereocenters. The zero-order chi connectivity index (χ0) is 16.4. The standard InChI is InChI=1S/C18H16N2O2S/c1-11-7-8-13(10-14(11)19)16-17(18(21)22)23-15(20-16)9-12-5-3-2-4-6-12/h2-8,10H,9,19H2,1H3,(H,21,22). The highest BCUT2D eigenvalue weighted by molar-refractivity contribution is 7.14. The number of aromatic nitrogens is 1. The van der Waals surface area contributed by atoms with Crippen LogP contribution in [0.1, 0.15) is 25.8 Å². The van der Waals surface area contributed by atoms with Crippen LogP contribution in [0, 0.1) is 6.92 Å². The molecular formula is C18H16N2O2S. The Morgan fingerprint density at radius 2 is 1.96 bits per heavy atom. The first-order chi connectivity index (χ1) is 11.0. The van der Waals surface area contributed by atoms with Crippen LogP contribution in [0.15, 0.2) is 48.5 Å². The van der Waals surface area contributed by atoms with Gasteiger partial charge in [-0.05, 0) is 24.1 Å². The van der Waals surface area contributed by atoms with Crippen molar-refractivity contribution in [2.24, 2.45) is 0 Å². The minimum atomic E-state index is -0.962. The number of nitrogen functional groups attached to an aromatic ring is 1. The summed E-state index contributed by atoms with van der Waals surface area (Å²) in [6.07, 6.45) is 0.618. The molecule has 0 fully saturated rings. The van der Waals surface area contributed by atoms with Gasteiger partial charge in [0, 0.05) is 17.7 Å². The van der Waals surface area contributed by atoms with Crippen LogP contribution >= 0.6 is 11.3 Å². The lowest BCUT2D eigenvalue weighted by Crippen LogP contribution is -1.97. The molecule has 0 saturated carbocycles. The summed E-state index contributed by atoms with van der Waals surface area (Å²) in [5.74, 6) is -0.962. The molecule has 0 aliphatic rings. The Kier molecular flexibility index (Phi) is 4.12. The number of carboxylic acids is 1. The third-order valence-corrected chi connectivity index (χ3v) is 4.66. The summed E-state index contributed by atoms with van der Waals surface area (Å²) >= 11 is 1.22. The highest BCUT2D eigenvalue weighted by Gasteiger charge is 2.19. The normalized spacial score (nSPS) is 10.7. The van der Waals surface area contributed by atoms with Gasteiger partial charge in [-0.2, -0.15) is 0 Å². The van der Waals surface area contributed by atoms with Crippen LogP contribution in [0.5, 0.6) is 0 Å². The molecule has 0 radical (unpaired) electrons. The summed E-state index contributed by atoms with van der Waals surface area (Å²) in [6, 6.07) is 15.4. The third kappa shape index (κ3) is 3.24. The number of nitrogens with two attached hydrogens (primary N) is 1. The lowest BCUT2D eigenvalue weighted by atomic mass is 10.1. The van der Waals surface area contributed by atoms with Gasteiger partial charge in [0.25, 0.3) is 0 Å². The first-order valence-corrected chi connectivity index (χ1v) is 7.99. The van der Waals surface area contributed by atoms with Gasteiger partial charge < -0.3 is 10.8 Å². The summed E-state index contributed by atoms with van der Waals surface area (Å²) < 4.78 is 0. The lowest BCUT2D eigenvalue weighted by Gasteiger charge is -2.03. The van der Waals surface area contributed by atoms with Gasteiger partial charge in [0.2, 0.25) is 0 Å². The second-order valence-corrected chi connectivity index (χ2v) is 6.41. The second-order valence-electron chi connectivity index (χ2n) is 5.32. The molecule has 0 bridgehead atoms. The van der Waals surface area contributed by atoms with Gasteiger partial charge in [-0.15, -0.1) is 11.3 Å². The molecule has 2 aromatic carbocycles. The minimum Gasteiger partial charge on any atom is -0.477 e. The molecule has 3 rings (SSSR count). The Hall–Kier alpha value is -2.66. The van der Waals surface area contributed by atoms with Gasteiger partial charge in [0.15, 0.2) is 0 Å². The highest BCUT2D eigenvalue weighted by Crippen LogP contribution is 2.31. The molecule has 0 atom stereocenters. The minimum absolute atomic E-state index is 0.249. The molecule has 1 heterocycles. The number of hydrogen-bond donors (Lipinski definition) is 2. The highest BCUT2D eigenvalue weighted by atomic mass is 32.1. The van der Waals surface area contributed by atoms with Crippen molar-refractivity contribution in [2.45, 2.75) is 13.3 Å². The van der Waals surface area contributed by atoms with Crippen molar-refractivity contribution >= 4 is 23.0 Å². The van der Waals surface area contributed by atoms with E-state index in [-0.39, 0.29) is 4.88 Å². The van der Waals surface area contributed by atoms with Crippen molar-refractivity contribution in [3.8, 4) is 11.3 Å². The summed E-state index contributed by atoms with van der Waals surface area (Å²) in [5, 5.41) is 10.2. The smallest absolute Gasteiger partial charge is 0.348 e. The molecule has 0 aliphatic carbocycles. The number of carbonyl (C=O) groups is 1. The Bertz CT molecular complexity index is 857. The summed E-state index contributed by atoms with van der Waals surface area (Å²) in [5.41, 5.74) is 9.87. The van der Waals surface area contributed by atoms with Gasteiger partial charge in [-0.3, -0.25) is 0 Å². The fourth-order valence-electron chi connectivity index (χ4n) is 2.34. The largest absolute Gasteiger partial charge is 0.477 e. The van der Waals surface area contributed by atoms with E-state index in [1.807, 2.05) is 49.4 Å². The number of thiazole rings is 1. The van der Waals surface area contributed by atoms with Crippen LogP contribution in [0.3, 0.4) is 0 Å². The van der Waals surface area contributed by atoms with Crippen molar-refractivity contribution in [3.63, 3.8) is 0 Å². The van der Waals surface area contributed by atoms with Crippen molar-refractivity contribution in [2.75, 3.05) is 5.73 Å². The number of hydrogen-bond acceptors (Lipinski definition) is 4. The van der Waals surface area contributed by atoms with E-state index in [9.17, 15) is 9.90 Å². The first kappa shape index (κ1) is 15.2.